The molecule has 0 aromatic heterocycles. The minimum absolute atomic E-state index is 0.175. The van der Waals surface area contributed by atoms with Crippen LogP contribution in [0.3, 0.4) is 0 Å². The molecule has 1 fully saturated rings. The van der Waals surface area contributed by atoms with Crippen LogP contribution < -0.4 is 9.47 Å². The minimum Gasteiger partial charge on any atom is -0.496 e. The van der Waals surface area contributed by atoms with Crippen LogP contribution in [0.1, 0.15) is 57.1 Å². The Morgan fingerprint density at radius 2 is 1.64 bits per heavy atom. The maximum absolute atomic E-state index is 13.8. The van der Waals surface area contributed by atoms with E-state index in [-0.39, 0.29) is 18.0 Å². The van der Waals surface area contributed by atoms with Gasteiger partial charge in [-0.1, -0.05) is 49.7 Å². The zero-order valence-corrected chi connectivity index (χ0v) is 21.5. The lowest BCUT2D eigenvalue weighted by atomic mass is 9.94. The molecule has 3 aromatic rings. The van der Waals surface area contributed by atoms with E-state index in [1.807, 2.05) is 30.3 Å². The minimum atomic E-state index is -0.215. The molecule has 0 unspecified atom stereocenters. The quantitative estimate of drug-likeness (QED) is 0.289. The Bertz CT molecular complexity index is 1090. The summed E-state index contributed by atoms with van der Waals surface area (Å²) in [5.41, 5.74) is 4.26. The number of hydrogen-bond acceptors (Lipinski definition) is 4. The van der Waals surface area contributed by atoms with Crippen molar-refractivity contribution in [1.82, 2.24) is 0 Å². The molecule has 0 N–H and O–H groups in total. The third-order valence-electron chi connectivity index (χ3n) is 6.33. The summed E-state index contributed by atoms with van der Waals surface area (Å²) in [7, 11) is 1.69. The molecule has 36 heavy (non-hydrogen) atoms. The highest BCUT2D eigenvalue weighted by atomic mass is 19.1. The van der Waals surface area contributed by atoms with Crippen molar-refractivity contribution in [2.75, 3.05) is 7.11 Å². The van der Waals surface area contributed by atoms with Crippen molar-refractivity contribution >= 4 is 6.29 Å². The van der Waals surface area contributed by atoms with Gasteiger partial charge in [-0.25, -0.2) is 4.39 Å². The van der Waals surface area contributed by atoms with Gasteiger partial charge in [-0.3, -0.25) is 0 Å². The van der Waals surface area contributed by atoms with Crippen LogP contribution in [-0.4, -0.2) is 25.6 Å². The third-order valence-corrected chi connectivity index (χ3v) is 6.33. The summed E-state index contributed by atoms with van der Waals surface area (Å²) in [6.45, 7) is 4.17. The molecular weight excluding hydrogens is 455 g/mol. The third kappa shape index (κ3) is 7.92. The SMILES string of the molecule is CC=O.CCCc1ccc(OC2CCC(OCc3ccccc3OC)CC2)cc1-c1cccc(F)c1. The number of carbonyl (C=O) groups excluding carboxylic acids is 1. The van der Waals surface area contributed by atoms with Gasteiger partial charge in [0.2, 0.25) is 0 Å². The van der Waals surface area contributed by atoms with Crippen molar-refractivity contribution in [3.05, 3.63) is 83.7 Å². The van der Waals surface area contributed by atoms with Crippen molar-refractivity contribution in [1.29, 1.82) is 0 Å². The molecule has 1 aliphatic rings. The average molecular weight is 493 g/mol. The van der Waals surface area contributed by atoms with Gasteiger partial charge in [0.25, 0.3) is 0 Å². The zero-order chi connectivity index (χ0) is 25.8. The zero-order valence-electron chi connectivity index (χ0n) is 21.5. The molecule has 4 nitrogen and oxygen atoms in total. The van der Waals surface area contributed by atoms with E-state index >= 15 is 0 Å². The molecule has 0 atom stereocenters. The van der Waals surface area contributed by atoms with Crippen molar-refractivity contribution in [3.63, 3.8) is 0 Å². The van der Waals surface area contributed by atoms with Crippen LogP contribution in [0.2, 0.25) is 0 Å². The van der Waals surface area contributed by atoms with Crippen LogP contribution >= 0.6 is 0 Å². The standard InChI is InChI=1S/C29H33FO3.C2H4O/c1-3-7-21-12-13-27(19-28(21)22-9-6-10-24(30)18-22)33-26-16-14-25(15-17-26)32-20-23-8-4-5-11-29(23)31-2;1-2-3/h4-6,8-13,18-19,25-26H,3,7,14-17,20H2,1-2H3;2H,1H3. The van der Waals surface area contributed by atoms with Crippen LogP contribution in [-0.2, 0) is 22.6 Å². The molecule has 5 heteroatoms. The molecule has 0 amide bonds. The van der Waals surface area contributed by atoms with Gasteiger partial charge < -0.3 is 19.0 Å². The first-order valence-corrected chi connectivity index (χ1v) is 12.8. The number of aryl methyl sites for hydroxylation is 1. The summed E-state index contributed by atoms with van der Waals surface area (Å²) in [6.07, 6.45) is 7.04. The van der Waals surface area contributed by atoms with E-state index in [0.717, 1.165) is 73.0 Å². The van der Waals surface area contributed by atoms with E-state index < -0.39 is 0 Å². The Kier molecular flexibility index (Phi) is 11.0. The lowest BCUT2D eigenvalue weighted by Gasteiger charge is -2.29. The Labute approximate surface area is 214 Å². The average Bonchev–Trinajstić information content (AvgIpc) is 2.90. The highest BCUT2D eigenvalue weighted by Gasteiger charge is 2.23. The monoisotopic (exact) mass is 492 g/mol. The van der Waals surface area contributed by atoms with Gasteiger partial charge in [0, 0.05) is 5.56 Å². The Morgan fingerprint density at radius 3 is 2.33 bits per heavy atom. The van der Waals surface area contributed by atoms with E-state index in [1.54, 1.807) is 19.2 Å². The fourth-order valence-corrected chi connectivity index (χ4v) is 4.58. The molecule has 3 aromatic carbocycles. The van der Waals surface area contributed by atoms with E-state index in [9.17, 15) is 4.39 Å². The maximum atomic E-state index is 13.8. The lowest BCUT2D eigenvalue weighted by Crippen LogP contribution is -2.28. The number of ether oxygens (including phenoxy) is 3. The van der Waals surface area contributed by atoms with Crippen LogP contribution in [0.5, 0.6) is 11.5 Å². The summed E-state index contributed by atoms with van der Waals surface area (Å²) >= 11 is 0. The highest BCUT2D eigenvalue weighted by Crippen LogP contribution is 2.32. The number of carbonyl (C=O) groups is 1. The second-order valence-corrected chi connectivity index (χ2v) is 8.95. The van der Waals surface area contributed by atoms with E-state index in [1.165, 1.54) is 18.6 Å². The van der Waals surface area contributed by atoms with Crippen molar-refractivity contribution in [3.8, 4) is 22.6 Å². The molecule has 0 bridgehead atoms. The van der Waals surface area contributed by atoms with Gasteiger partial charge in [-0.05, 0) is 86.1 Å². The molecule has 0 aliphatic heterocycles. The van der Waals surface area contributed by atoms with Gasteiger partial charge in [-0.2, -0.15) is 0 Å². The number of rotatable bonds is 9. The number of methoxy groups -OCH3 is 1. The molecule has 0 saturated heterocycles. The van der Waals surface area contributed by atoms with Crippen molar-refractivity contribution in [2.24, 2.45) is 0 Å². The van der Waals surface area contributed by atoms with Gasteiger partial charge in [0.1, 0.15) is 23.6 Å². The smallest absolute Gasteiger partial charge is 0.124 e. The van der Waals surface area contributed by atoms with Crippen LogP contribution in [0, 0.1) is 5.82 Å². The second kappa shape index (κ2) is 14.4. The summed E-state index contributed by atoms with van der Waals surface area (Å²) in [4.78, 5) is 8.81. The topological polar surface area (TPSA) is 44.8 Å². The molecule has 1 saturated carbocycles. The fourth-order valence-electron chi connectivity index (χ4n) is 4.58. The number of aldehydes is 1. The van der Waals surface area contributed by atoms with E-state index in [4.69, 9.17) is 19.0 Å². The number of halogens is 1. The van der Waals surface area contributed by atoms with Gasteiger partial charge in [0.15, 0.2) is 0 Å². The van der Waals surface area contributed by atoms with E-state index in [2.05, 4.69) is 25.1 Å². The van der Waals surface area contributed by atoms with Crippen LogP contribution in [0.25, 0.3) is 11.1 Å². The second-order valence-electron chi connectivity index (χ2n) is 8.95. The Hall–Kier alpha value is -3.18. The fraction of sp³-hybridized carbons (Fsp3) is 0.387. The van der Waals surface area contributed by atoms with E-state index in [0.29, 0.717) is 6.61 Å². The predicted octanol–water partition coefficient (Wildman–Crippen LogP) is 7.57. The summed E-state index contributed by atoms with van der Waals surface area (Å²) in [5.74, 6) is 1.51. The highest BCUT2D eigenvalue weighted by molar-refractivity contribution is 5.69. The van der Waals surface area contributed by atoms with Gasteiger partial charge in [-0.15, -0.1) is 0 Å². The summed E-state index contributed by atoms with van der Waals surface area (Å²) < 4.78 is 31.8. The number of para-hydroxylation sites is 1. The largest absolute Gasteiger partial charge is 0.496 e. The summed E-state index contributed by atoms with van der Waals surface area (Å²) in [6, 6.07) is 21.1. The molecule has 0 heterocycles. The molecule has 0 spiro atoms. The van der Waals surface area contributed by atoms with Crippen LogP contribution in [0.15, 0.2) is 66.7 Å². The molecular formula is C31H37FO4. The summed E-state index contributed by atoms with van der Waals surface area (Å²) in [5, 5.41) is 0. The normalized spacial score (nSPS) is 17.0. The predicted molar refractivity (Wildman–Crippen MR) is 142 cm³/mol. The van der Waals surface area contributed by atoms with Gasteiger partial charge >= 0.3 is 0 Å². The first-order valence-electron chi connectivity index (χ1n) is 12.8. The molecule has 1 aliphatic carbocycles. The van der Waals surface area contributed by atoms with Gasteiger partial charge in [0.05, 0.1) is 25.9 Å². The molecule has 192 valence electrons. The van der Waals surface area contributed by atoms with Crippen molar-refractivity contribution < 1.29 is 23.4 Å². The lowest BCUT2D eigenvalue weighted by molar-refractivity contribution is -0.106. The molecule has 0 radical (unpaired) electrons. The number of benzene rings is 3. The van der Waals surface area contributed by atoms with Crippen LogP contribution in [0.4, 0.5) is 4.39 Å². The Morgan fingerprint density at radius 1 is 0.917 bits per heavy atom. The number of hydrogen-bond donors (Lipinski definition) is 0. The molecule has 4 rings (SSSR count). The van der Waals surface area contributed by atoms with Crippen molar-refractivity contribution in [2.45, 2.75) is 71.2 Å². The first-order chi connectivity index (χ1) is 17.6. The maximum Gasteiger partial charge on any atom is 0.124 e. The Balaban J connectivity index is 0.00000115. The first kappa shape index (κ1) is 27.4.